The summed E-state index contributed by atoms with van der Waals surface area (Å²) in [4.78, 5) is 22.1. The Balaban J connectivity index is 3.00. The Bertz CT molecular complexity index is 333. The number of nitrogens with two attached hydrogens (primary N) is 1. The van der Waals surface area contributed by atoms with Gasteiger partial charge < -0.3 is 15.8 Å². The highest BCUT2D eigenvalue weighted by Gasteiger charge is 2.24. The number of ether oxygens (including phenoxy) is 1. The first kappa shape index (κ1) is 10.2. The number of amides is 1. The fourth-order valence-electron chi connectivity index (χ4n) is 1.15. The van der Waals surface area contributed by atoms with Crippen molar-refractivity contribution in [1.29, 1.82) is 5.41 Å². The summed E-state index contributed by atoms with van der Waals surface area (Å²) in [6.45, 7) is 0.383. The average Bonchev–Trinajstić information content (AvgIpc) is 2.20. The Kier molecular flexibility index (Phi) is 2.85. The molecule has 1 rings (SSSR count). The van der Waals surface area contributed by atoms with Gasteiger partial charge in [0.2, 0.25) is 0 Å². The maximum absolute atomic E-state index is 11.0. The minimum absolute atomic E-state index is 0.160. The molecule has 1 amide bonds. The minimum atomic E-state index is -0.709. The Hall–Kier alpha value is -1.85. The van der Waals surface area contributed by atoms with Crippen LogP contribution in [-0.2, 0) is 14.3 Å². The molecule has 0 aromatic rings. The first-order valence-corrected chi connectivity index (χ1v) is 4.02. The van der Waals surface area contributed by atoms with Gasteiger partial charge in [-0.1, -0.05) is 0 Å². The van der Waals surface area contributed by atoms with Crippen LogP contribution in [0.3, 0.4) is 0 Å². The van der Waals surface area contributed by atoms with Crippen LogP contribution in [0.25, 0.3) is 0 Å². The molecule has 0 saturated carbocycles. The second kappa shape index (κ2) is 3.91. The van der Waals surface area contributed by atoms with Gasteiger partial charge in [0.25, 0.3) is 5.91 Å². The van der Waals surface area contributed by atoms with E-state index in [2.05, 4.69) is 10.1 Å². The van der Waals surface area contributed by atoms with Gasteiger partial charge in [0.1, 0.15) is 11.4 Å². The summed E-state index contributed by atoms with van der Waals surface area (Å²) in [6.07, 6.45) is 0.380. The van der Waals surface area contributed by atoms with Crippen LogP contribution in [0.15, 0.2) is 11.3 Å². The molecule has 14 heavy (non-hydrogen) atoms. The van der Waals surface area contributed by atoms with Crippen LogP contribution in [0.1, 0.15) is 6.42 Å². The quantitative estimate of drug-likeness (QED) is 0.367. The lowest BCUT2D eigenvalue weighted by atomic mass is 10.0. The van der Waals surface area contributed by atoms with E-state index < -0.39 is 11.9 Å². The summed E-state index contributed by atoms with van der Waals surface area (Å²) in [5, 5.41) is 9.86. The lowest BCUT2D eigenvalue weighted by Gasteiger charge is -2.17. The number of carbonyl (C=O) groups is 2. The highest BCUT2D eigenvalue weighted by Crippen LogP contribution is 2.11. The zero-order valence-electron chi connectivity index (χ0n) is 7.72. The van der Waals surface area contributed by atoms with E-state index >= 15 is 0 Å². The Morgan fingerprint density at radius 2 is 2.29 bits per heavy atom. The maximum Gasteiger partial charge on any atom is 0.354 e. The molecule has 0 aliphatic carbocycles. The Labute approximate surface area is 80.6 Å². The smallest absolute Gasteiger partial charge is 0.354 e. The van der Waals surface area contributed by atoms with E-state index in [-0.39, 0.29) is 17.0 Å². The first-order chi connectivity index (χ1) is 6.57. The van der Waals surface area contributed by atoms with Crippen LogP contribution in [0.5, 0.6) is 0 Å². The molecule has 6 heteroatoms. The lowest BCUT2D eigenvalue weighted by molar-refractivity contribution is -0.136. The molecule has 0 bridgehead atoms. The van der Waals surface area contributed by atoms with E-state index in [0.717, 1.165) is 0 Å². The van der Waals surface area contributed by atoms with Gasteiger partial charge in [-0.25, -0.2) is 4.79 Å². The van der Waals surface area contributed by atoms with Crippen molar-refractivity contribution in [2.24, 2.45) is 5.73 Å². The number of nitrogens with one attached hydrogen (secondary N) is 2. The number of rotatable bonds is 1. The molecule has 0 unspecified atom stereocenters. The predicted molar refractivity (Wildman–Crippen MR) is 48.6 cm³/mol. The maximum atomic E-state index is 11.0. The summed E-state index contributed by atoms with van der Waals surface area (Å²) in [5.41, 5.74) is 5.27. The van der Waals surface area contributed by atoms with Gasteiger partial charge in [-0.15, -0.1) is 0 Å². The molecule has 0 spiro atoms. The van der Waals surface area contributed by atoms with Crippen molar-refractivity contribution in [3.63, 3.8) is 0 Å². The fraction of sp³-hybridized carbons (Fsp3) is 0.375. The van der Waals surface area contributed by atoms with E-state index in [1.807, 2.05) is 0 Å². The van der Waals surface area contributed by atoms with E-state index in [9.17, 15) is 9.59 Å². The topological polar surface area (TPSA) is 105 Å². The number of carbonyl (C=O) groups excluding carboxylic acids is 2. The molecule has 0 radical (unpaired) electrons. The fourth-order valence-corrected chi connectivity index (χ4v) is 1.15. The van der Waals surface area contributed by atoms with Crippen LogP contribution in [0, 0.1) is 5.41 Å². The van der Waals surface area contributed by atoms with Crippen molar-refractivity contribution in [1.82, 2.24) is 5.32 Å². The number of methoxy groups -OCH3 is 1. The van der Waals surface area contributed by atoms with Gasteiger partial charge in [-0.2, -0.15) is 0 Å². The van der Waals surface area contributed by atoms with Crippen LogP contribution < -0.4 is 11.1 Å². The molecule has 1 heterocycles. The highest BCUT2D eigenvalue weighted by molar-refractivity contribution is 6.45. The SMILES string of the molecule is COC(=O)C(N)=C1CCNC(=O)C1=N. The monoisotopic (exact) mass is 197 g/mol. The summed E-state index contributed by atoms with van der Waals surface area (Å²) in [6, 6.07) is 0. The van der Waals surface area contributed by atoms with Crippen molar-refractivity contribution in [2.45, 2.75) is 6.42 Å². The average molecular weight is 197 g/mol. The van der Waals surface area contributed by atoms with Crippen LogP contribution >= 0.6 is 0 Å². The van der Waals surface area contributed by atoms with Gasteiger partial charge in [0.05, 0.1) is 7.11 Å². The molecule has 0 aromatic carbocycles. The number of hydrogen-bond acceptors (Lipinski definition) is 5. The molecule has 6 nitrogen and oxygen atoms in total. The van der Waals surface area contributed by atoms with E-state index in [0.29, 0.717) is 13.0 Å². The second-order valence-electron chi connectivity index (χ2n) is 2.76. The van der Waals surface area contributed by atoms with Gasteiger partial charge in [0, 0.05) is 12.1 Å². The molecular formula is C8H11N3O3. The van der Waals surface area contributed by atoms with E-state index in [4.69, 9.17) is 11.1 Å². The van der Waals surface area contributed by atoms with Crippen molar-refractivity contribution < 1.29 is 14.3 Å². The molecule has 76 valence electrons. The summed E-state index contributed by atoms with van der Waals surface area (Å²) < 4.78 is 4.40. The highest BCUT2D eigenvalue weighted by atomic mass is 16.5. The van der Waals surface area contributed by atoms with Gasteiger partial charge >= 0.3 is 5.97 Å². The van der Waals surface area contributed by atoms with E-state index in [1.54, 1.807) is 0 Å². The molecule has 1 fully saturated rings. The van der Waals surface area contributed by atoms with Gasteiger partial charge in [0.15, 0.2) is 0 Å². The third-order valence-electron chi connectivity index (χ3n) is 1.92. The van der Waals surface area contributed by atoms with Gasteiger partial charge in [-0.05, 0) is 6.42 Å². The summed E-state index contributed by atoms with van der Waals surface area (Å²) in [7, 11) is 1.20. The minimum Gasteiger partial charge on any atom is -0.464 e. The number of piperidine rings is 1. The number of esters is 1. The predicted octanol–water partition coefficient (Wildman–Crippen LogP) is -1.09. The normalized spacial score (nSPS) is 20.1. The largest absolute Gasteiger partial charge is 0.464 e. The molecule has 0 atom stereocenters. The van der Waals surface area contributed by atoms with Crippen LogP contribution in [0.2, 0.25) is 0 Å². The Morgan fingerprint density at radius 1 is 1.64 bits per heavy atom. The second-order valence-corrected chi connectivity index (χ2v) is 2.76. The van der Waals surface area contributed by atoms with Crippen molar-refractivity contribution in [3.05, 3.63) is 11.3 Å². The van der Waals surface area contributed by atoms with E-state index in [1.165, 1.54) is 7.11 Å². The summed E-state index contributed by atoms with van der Waals surface area (Å²) >= 11 is 0. The molecule has 1 saturated heterocycles. The van der Waals surface area contributed by atoms with Crippen molar-refractivity contribution in [2.75, 3.05) is 13.7 Å². The molecule has 1 aliphatic heterocycles. The lowest BCUT2D eigenvalue weighted by Crippen LogP contribution is -2.39. The number of hydrogen-bond donors (Lipinski definition) is 3. The van der Waals surface area contributed by atoms with Crippen molar-refractivity contribution >= 4 is 17.6 Å². The van der Waals surface area contributed by atoms with Crippen LogP contribution in [-0.4, -0.2) is 31.2 Å². The summed E-state index contributed by atoms with van der Waals surface area (Å²) in [5.74, 6) is -1.22. The standard InChI is InChI=1S/C8H11N3O3/c1-14-8(13)6(10)4-2-3-11-7(12)5(4)9/h9H,2-3,10H2,1H3,(H,11,12). The van der Waals surface area contributed by atoms with Crippen molar-refractivity contribution in [3.8, 4) is 0 Å². The van der Waals surface area contributed by atoms with Gasteiger partial charge in [-0.3, -0.25) is 10.2 Å². The molecule has 4 N–H and O–H groups in total. The molecule has 1 aliphatic rings. The van der Waals surface area contributed by atoms with Crippen LogP contribution in [0.4, 0.5) is 0 Å². The first-order valence-electron chi connectivity index (χ1n) is 4.02. The molecule has 0 aromatic heterocycles. The third kappa shape index (κ3) is 1.73. The zero-order chi connectivity index (χ0) is 10.7. The Morgan fingerprint density at radius 3 is 2.86 bits per heavy atom. The third-order valence-corrected chi connectivity index (χ3v) is 1.92. The molecular weight excluding hydrogens is 186 g/mol. The zero-order valence-corrected chi connectivity index (χ0v) is 7.72.